The summed E-state index contributed by atoms with van der Waals surface area (Å²) >= 11 is 0. The van der Waals surface area contributed by atoms with Gasteiger partial charge in [0, 0.05) is 38.4 Å². The Kier molecular flexibility index (Phi) is 4.89. The van der Waals surface area contributed by atoms with E-state index in [1.54, 1.807) is 23.9 Å². The first-order valence-corrected chi connectivity index (χ1v) is 8.34. The fourth-order valence-corrected chi connectivity index (χ4v) is 3.05. The molecule has 0 atom stereocenters. The van der Waals surface area contributed by atoms with E-state index in [4.69, 9.17) is 4.42 Å². The van der Waals surface area contributed by atoms with Crippen molar-refractivity contribution in [2.24, 2.45) is 0 Å². The number of nitrogens with one attached hydrogen (secondary N) is 1. The van der Waals surface area contributed by atoms with Crippen molar-refractivity contribution in [1.29, 1.82) is 5.26 Å². The molecule has 1 N–H and O–H groups in total. The maximum Gasteiger partial charge on any atom is 0.256 e. The Bertz CT molecular complexity index is 808. The van der Waals surface area contributed by atoms with Crippen LogP contribution in [0.2, 0.25) is 0 Å². The molecule has 0 spiro atoms. The molecule has 0 aromatic carbocycles. The minimum absolute atomic E-state index is 0.0512. The molecule has 7 nitrogen and oxygen atoms in total. The molecular weight excluding hydrogens is 320 g/mol. The van der Waals surface area contributed by atoms with Gasteiger partial charge in [0.25, 0.3) is 5.91 Å². The third-order valence-corrected chi connectivity index (χ3v) is 4.33. The normalized spacial score (nSPS) is 13.7. The molecule has 130 valence electrons. The van der Waals surface area contributed by atoms with Crippen molar-refractivity contribution in [3.63, 3.8) is 0 Å². The lowest BCUT2D eigenvalue weighted by Crippen LogP contribution is -2.33. The topological polar surface area (TPSA) is 91.3 Å². The highest BCUT2D eigenvalue weighted by molar-refractivity contribution is 5.98. The molecule has 7 heteroatoms. The number of nitrogens with zero attached hydrogens (tertiary/aromatic N) is 3. The molecule has 1 aliphatic heterocycles. The summed E-state index contributed by atoms with van der Waals surface area (Å²) in [6.45, 7) is 3.49. The van der Waals surface area contributed by atoms with Gasteiger partial charge in [-0.15, -0.1) is 0 Å². The predicted octanol–water partition coefficient (Wildman–Crippen LogP) is 1.99. The molecular formula is C18H20N4O3. The number of nitriles is 1. The molecule has 2 aromatic rings. The van der Waals surface area contributed by atoms with Gasteiger partial charge in [0.15, 0.2) is 0 Å². The predicted molar refractivity (Wildman–Crippen MR) is 90.3 cm³/mol. The van der Waals surface area contributed by atoms with E-state index in [9.17, 15) is 14.9 Å². The molecule has 0 radical (unpaired) electrons. The SMILES string of the molecule is Cc1oc(-n2cccc2)c(C#N)c1C(=O)NCCC(=O)N1CCCC1. The van der Waals surface area contributed by atoms with Gasteiger partial charge in [-0.2, -0.15) is 5.26 Å². The van der Waals surface area contributed by atoms with Gasteiger partial charge in [0.1, 0.15) is 23.0 Å². The summed E-state index contributed by atoms with van der Waals surface area (Å²) in [6.07, 6.45) is 5.83. The third-order valence-electron chi connectivity index (χ3n) is 4.33. The summed E-state index contributed by atoms with van der Waals surface area (Å²) in [5.41, 5.74) is 0.414. The number of amides is 2. The van der Waals surface area contributed by atoms with Crippen LogP contribution in [0.1, 0.15) is 40.9 Å². The average Bonchev–Trinajstić information content (AvgIpc) is 3.34. The summed E-state index contributed by atoms with van der Waals surface area (Å²) in [5.74, 6) is 0.354. The maximum atomic E-state index is 12.5. The van der Waals surface area contributed by atoms with E-state index in [1.807, 2.05) is 23.1 Å². The van der Waals surface area contributed by atoms with Gasteiger partial charge >= 0.3 is 0 Å². The molecule has 0 aliphatic carbocycles. The minimum Gasteiger partial charge on any atom is -0.443 e. The lowest BCUT2D eigenvalue weighted by Gasteiger charge is -2.15. The summed E-state index contributed by atoms with van der Waals surface area (Å²) in [6, 6.07) is 5.66. The smallest absolute Gasteiger partial charge is 0.256 e. The molecule has 2 amide bonds. The van der Waals surface area contributed by atoms with E-state index in [0.717, 1.165) is 25.9 Å². The maximum absolute atomic E-state index is 12.5. The fourth-order valence-electron chi connectivity index (χ4n) is 3.05. The quantitative estimate of drug-likeness (QED) is 0.901. The monoisotopic (exact) mass is 340 g/mol. The number of aromatic nitrogens is 1. The summed E-state index contributed by atoms with van der Waals surface area (Å²) in [4.78, 5) is 26.3. The zero-order valence-corrected chi connectivity index (χ0v) is 14.1. The zero-order valence-electron chi connectivity index (χ0n) is 14.1. The van der Waals surface area contributed by atoms with Crippen molar-refractivity contribution in [2.45, 2.75) is 26.2 Å². The molecule has 2 aromatic heterocycles. The summed E-state index contributed by atoms with van der Waals surface area (Å²) in [5, 5.41) is 12.2. The third kappa shape index (κ3) is 3.43. The van der Waals surface area contributed by atoms with Crippen molar-refractivity contribution >= 4 is 11.8 Å². The van der Waals surface area contributed by atoms with Crippen molar-refractivity contribution in [3.05, 3.63) is 41.4 Å². The Morgan fingerprint density at radius 1 is 1.28 bits per heavy atom. The highest BCUT2D eigenvalue weighted by Crippen LogP contribution is 2.25. The fraction of sp³-hybridized carbons (Fsp3) is 0.389. The van der Waals surface area contributed by atoms with Crippen molar-refractivity contribution in [1.82, 2.24) is 14.8 Å². The molecule has 3 heterocycles. The number of carbonyl (C=O) groups excluding carboxylic acids is 2. The number of hydrogen-bond donors (Lipinski definition) is 1. The van der Waals surface area contributed by atoms with Crippen LogP contribution in [0, 0.1) is 18.3 Å². The van der Waals surface area contributed by atoms with E-state index in [1.165, 1.54) is 0 Å². The number of likely N-dealkylation sites (tertiary alicyclic amines) is 1. The molecule has 3 rings (SSSR count). The molecule has 1 aliphatic rings. The Balaban J connectivity index is 1.68. The van der Waals surface area contributed by atoms with Gasteiger partial charge < -0.3 is 14.6 Å². The van der Waals surface area contributed by atoms with Crippen molar-refractivity contribution < 1.29 is 14.0 Å². The largest absolute Gasteiger partial charge is 0.443 e. The van der Waals surface area contributed by atoms with Gasteiger partial charge in [0.05, 0.1) is 0 Å². The highest BCUT2D eigenvalue weighted by atomic mass is 16.4. The van der Waals surface area contributed by atoms with Crippen LogP contribution >= 0.6 is 0 Å². The first-order valence-electron chi connectivity index (χ1n) is 8.34. The van der Waals surface area contributed by atoms with Crippen molar-refractivity contribution in [2.75, 3.05) is 19.6 Å². The van der Waals surface area contributed by atoms with E-state index >= 15 is 0 Å². The Labute approximate surface area is 145 Å². The second-order valence-corrected chi connectivity index (χ2v) is 6.01. The number of furan rings is 1. The van der Waals surface area contributed by atoms with Gasteiger partial charge in [-0.3, -0.25) is 14.2 Å². The van der Waals surface area contributed by atoms with E-state index in [-0.39, 0.29) is 30.0 Å². The molecule has 25 heavy (non-hydrogen) atoms. The minimum atomic E-state index is -0.398. The number of aryl methyl sites for hydroxylation is 1. The van der Waals surface area contributed by atoms with Crippen LogP contribution in [0.5, 0.6) is 0 Å². The number of hydrogen-bond acceptors (Lipinski definition) is 4. The molecule has 0 bridgehead atoms. The van der Waals surface area contributed by atoms with E-state index in [0.29, 0.717) is 11.6 Å². The lowest BCUT2D eigenvalue weighted by atomic mass is 10.1. The first kappa shape index (κ1) is 16.8. The van der Waals surface area contributed by atoms with E-state index < -0.39 is 5.91 Å². The second-order valence-electron chi connectivity index (χ2n) is 6.01. The van der Waals surface area contributed by atoms with Crippen LogP contribution < -0.4 is 5.32 Å². The molecule has 0 saturated carbocycles. The van der Waals surface area contributed by atoms with Gasteiger partial charge in [-0.1, -0.05) is 0 Å². The lowest BCUT2D eigenvalue weighted by molar-refractivity contribution is -0.129. The Hall–Kier alpha value is -3.01. The average molecular weight is 340 g/mol. The summed E-state index contributed by atoms with van der Waals surface area (Å²) < 4.78 is 7.27. The van der Waals surface area contributed by atoms with Crippen LogP contribution in [0.15, 0.2) is 28.9 Å². The van der Waals surface area contributed by atoms with E-state index in [2.05, 4.69) is 5.32 Å². The first-order chi connectivity index (χ1) is 12.1. The van der Waals surface area contributed by atoms with Crippen LogP contribution in [0.25, 0.3) is 5.88 Å². The van der Waals surface area contributed by atoms with Gasteiger partial charge in [0.2, 0.25) is 11.8 Å². The van der Waals surface area contributed by atoms with Gasteiger partial charge in [-0.05, 0) is 31.9 Å². The van der Waals surface area contributed by atoms with Crippen LogP contribution in [0.3, 0.4) is 0 Å². The van der Waals surface area contributed by atoms with Crippen LogP contribution in [-0.4, -0.2) is 40.9 Å². The highest BCUT2D eigenvalue weighted by Gasteiger charge is 2.24. The second kappa shape index (κ2) is 7.26. The van der Waals surface area contributed by atoms with Crippen LogP contribution in [0.4, 0.5) is 0 Å². The van der Waals surface area contributed by atoms with Crippen molar-refractivity contribution in [3.8, 4) is 12.0 Å². The molecule has 0 unspecified atom stereocenters. The zero-order chi connectivity index (χ0) is 17.8. The molecule has 1 saturated heterocycles. The Morgan fingerprint density at radius 2 is 1.96 bits per heavy atom. The van der Waals surface area contributed by atoms with Gasteiger partial charge in [-0.25, -0.2) is 0 Å². The Morgan fingerprint density at radius 3 is 2.60 bits per heavy atom. The number of carbonyl (C=O) groups is 2. The number of rotatable bonds is 5. The molecule has 1 fully saturated rings. The van der Waals surface area contributed by atoms with Crippen LogP contribution in [-0.2, 0) is 4.79 Å². The standard InChI is InChI=1S/C18H20N4O3/c1-13-16(14(12-19)18(25-13)22-10-4-5-11-22)17(24)20-7-6-15(23)21-8-2-3-9-21/h4-5,10-11H,2-3,6-9H2,1H3,(H,20,24). The summed E-state index contributed by atoms with van der Waals surface area (Å²) in [7, 11) is 0.